The molecule has 74 valence electrons. The van der Waals surface area contributed by atoms with Gasteiger partial charge in [0.2, 0.25) is 0 Å². The molecule has 2 aliphatic heterocycles. The third kappa shape index (κ3) is 1.31. The highest BCUT2D eigenvalue weighted by atomic mass is 16.6. The van der Waals surface area contributed by atoms with Gasteiger partial charge in [0.25, 0.3) is 0 Å². The average molecular weight is 182 g/mol. The Bertz CT molecular complexity index is 194. The Morgan fingerprint density at radius 1 is 1.08 bits per heavy atom. The van der Waals surface area contributed by atoms with Gasteiger partial charge in [-0.25, -0.2) is 0 Å². The third-order valence-corrected chi connectivity index (χ3v) is 3.95. The molecule has 3 rings (SSSR count). The van der Waals surface area contributed by atoms with E-state index in [2.05, 4.69) is 0 Å². The Kier molecular flexibility index (Phi) is 1.88. The summed E-state index contributed by atoms with van der Waals surface area (Å²) in [6.07, 6.45) is 9.10. The molecule has 2 saturated heterocycles. The van der Waals surface area contributed by atoms with Gasteiger partial charge in [-0.15, -0.1) is 0 Å². The van der Waals surface area contributed by atoms with E-state index >= 15 is 0 Å². The van der Waals surface area contributed by atoms with Gasteiger partial charge in [-0.05, 0) is 25.7 Å². The van der Waals surface area contributed by atoms with Crippen LogP contribution in [-0.4, -0.2) is 25.4 Å². The van der Waals surface area contributed by atoms with Crippen molar-refractivity contribution in [2.75, 3.05) is 13.2 Å². The molecule has 0 amide bonds. The minimum absolute atomic E-state index is 0.430. The molecule has 0 aromatic rings. The van der Waals surface area contributed by atoms with E-state index in [1.807, 2.05) is 0 Å². The summed E-state index contributed by atoms with van der Waals surface area (Å²) < 4.78 is 11.5. The number of fused-ring (bicyclic) bond motifs is 2. The molecule has 0 radical (unpaired) electrons. The summed E-state index contributed by atoms with van der Waals surface area (Å²) in [6, 6.07) is 0. The van der Waals surface area contributed by atoms with Crippen molar-refractivity contribution in [3.8, 4) is 0 Å². The first-order valence-electron chi connectivity index (χ1n) is 5.64. The summed E-state index contributed by atoms with van der Waals surface area (Å²) in [5.41, 5.74) is 0.430. The monoisotopic (exact) mass is 182 g/mol. The molecule has 13 heavy (non-hydrogen) atoms. The zero-order valence-electron chi connectivity index (χ0n) is 8.13. The van der Waals surface area contributed by atoms with Crippen molar-refractivity contribution in [2.24, 2.45) is 5.41 Å². The predicted octanol–water partition coefficient (Wildman–Crippen LogP) is 2.12. The second kappa shape index (κ2) is 2.96. The zero-order chi connectivity index (χ0) is 8.73. The fourth-order valence-corrected chi connectivity index (χ4v) is 3.15. The lowest BCUT2D eigenvalue weighted by atomic mass is 9.72. The van der Waals surface area contributed by atoms with Crippen molar-refractivity contribution in [3.05, 3.63) is 0 Å². The number of epoxide rings is 1. The van der Waals surface area contributed by atoms with Crippen molar-refractivity contribution < 1.29 is 9.47 Å². The number of hydrogen-bond acceptors (Lipinski definition) is 2. The summed E-state index contributed by atoms with van der Waals surface area (Å²) in [5.74, 6) is 0. The van der Waals surface area contributed by atoms with E-state index in [1.54, 1.807) is 0 Å². The van der Waals surface area contributed by atoms with Crippen LogP contribution in [0.3, 0.4) is 0 Å². The van der Waals surface area contributed by atoms with Crippen molar-refractivity contribution in [2.45, 2.75) is 50.7 Å². The van der Waals surface area contributed by atoms with E-state index in [0.29, 0.717) is 17.6 Å². The predicted molar refractivity (Wildman–Crippen MR) is 49.6 cm³/mol. The van der Waals surface area contributed by atoms with E-state index in [-0.39, 0.29) is 0 Å². The second-order valence-corrected chi connectivity index (χ2v) is 4.86. The smallest absolute Gasteiger partial charge is 0.0919 e. The summed E-state index contributed by atoms with van der Waals surface area (Å²) in [4.78, 5) is 0. The molecular weight excluding hydrogens is 164 g/mol. The molecular formula is C11H18O2. The van der Waals surface area contributed by atoms with Gasteiger partial charge in [-0.1, -0.05) is 12.8 Å². The molecule has 3 atom stereocenters. The van der Waals surface area contributed by atoms with Gasteiger partial charge in [-0.2, -0.15) is 0 Å². The molecule has 0 aromatic heterocycles. The second-order valence-electron chi connectivity index (χ2n) is 4.86. The SMILES string of the molecule is C1CC[C@@]2(CCC[C@H]3O[C@H]32)COC1. The maximum Gasteiger partial charge on any atom is 0.0919 e. The Labute approximate surface area is 79.6 Å². The Balaban J connectivity index is 1.76. The fourth-order valence-electron chi connectivity index (χ4n) is 3.15. The molecule has 0 bridgehead atoms. The quantitative estimate of drug-likeness (QED) is 0.535. The van der Waals surface area contributed by atoms with Crippen LogP contribution in [-0.2, 0) is 9.47 Å². The molecule has 1 spiro atoms. The summed E-state index contributed by atoms with van der Waals surface area (Å²) in [7, 11) is 0. The average Bonchev–Trinajstić information content (AvgIpc) is 2.90. The topological polar surface area (TPSA) is 21.8 Å². The highest BCUT2D eigenvalue weighted by Crippen LogP contribution is 2.52. The highest BCUT2D eigenvalue weighted by Gasteiger charge is 2.56. The standard InChI is InChI=1S/C11H18O2/c1-2-7-12-8-11(5-1)6-3-4-9-10(11)13-9/h9-10H,1-8H2/t9-,10-,11-/m1/s1. The van der Waals surface area contributed by atoms with Gasteiger partial charge in [-0.3, -0.25) is 0 Å². The van der Waals surface area contributed by atoms with E-state index in [1.165, 1.54) is 38.5 Å². The maximum atomic E-state index is 5.75. The molecule has 2 heterocycles. The highest BCUT2D eigenvalue weighted by molar-refractivity contribution is 5.04. The molecule has 3 aliphatic rings. The van der Waals surface area contributed by atoms with Crippen LogP contribution in [0, 0.1) is 5.41 Å². The molecule has 3 fully saturated rings. The third-order valence-electron chi connectivity index (χ3n) is 3.95. The van der Waals surface area contributed by atoms with Crippen molar-refractivity contribution in [3.63, 3.8) is 0 Å². The largest absolute Gasteiger partial charge is 0.381 e. The molecule has 1 saturated carbocycles. The van der Waals surface area contributed by atoms with Crippen molar-refractivity contribution >= 4 is 0 Å². The van der Waals surface area contributed by atoms with E-state index in [4.69, 9.17) is 9.47 Å². The van der Waals surface area contributed by atoms with Gasteiger partial charge in [0.15, 0.2) is 0 Å². The van der Waals surface area contributed by atoms with Crippen LogP contribution in [0.1, 0.15) is 38.5 Å². The first-order chi connectivity index (χ1) is 6.41. The normalized spacial score (nSPS) is 49.8. The zero-order valence-corrected chi connectivity index (χ0v) is 8.13. The molecule has 0 N–H and O–H groups in total. The molecule has 1 aliphatic carbocycles. The summed E-state index contributed by atoms with van der Waals surface area (Å²) in [6.45, 7) is 1.94. The molecule has 2 nitrogen and oxygen atoms in total. The van der Waals surface area contributed by atoms with Gasteiger partial charge >= 0.3 is 0 Å². The lowest BCUT2D eigenvalue weighted by molar-refractivity contribution is 0.0316. The van der Waals surface area contributed by atoms with Gasteiger partial charge in [0, 0.05) is 12.0 Å². The lowest BCUT2D eigenvalue weighted by Gasteiger charge is -2.33. The van der Waals surface area contributed by atoms with Crippen LogP contribution in [0.4, 0.5) is 0 Å². The van der Waals surface area contributed by atoms with E-state index in [9.17, 15) is 0 Å². The first-order valence-corrected chi connectivity index (χ1v) is 5.64. The summed E-state index contributed by atoms with van der Waals surface area (Å²) >= 11 is 0. The minimum atomic E-state index is 0.430. The van der Waals surface area contributed by atoms with Crippen LogP contribution in [0.5, 0.6) is 0 Å². The van der Waals surface area contributed by atoms with Crippen LogP contribution < -0.4 is 0 Å². The molecule has 0 aromatic carbocycles. The van der Waals surface area contributed by atoms with Crippen LogP contribution >= 0.6 is 0 Å². The lowest BCUT2D eigenvalue weighted by Crippen LogP contribution is -2.35. The van der Waals surface area contributed by atoms with Gasteiger partial charge in [0.1, 0.15) is 0 Å². The van der Waals surface area contributed by atoms with Crippen molar-refractivity contribution in [1.29, 1.82) is 0 Å². The Morgan fingerprint density at radius 3 is 3.00 bits per heavy atom. The molecule has 2 heteroatoms. The number of rotatable bonds is 0. The summed E-state index contributed by atoms with van der Waals surface area (Å²) in [5, 5.41) is 0. The Morgan fingerprint density at radius 2 is 2.00 bits per heavy atom. The van der Waals surface area contributed by atoms with Crippen LogP contribution in [0.15, 0.2) is 0 Å². The Hall–Kier alpha value is -0.0800. The number of ether oxygens (including phenoxy) is 2. The van der Waals surface area contributed by atoms with Crippen LogP contribution in [0.2, 0.25) is 0 Å². The van der Waals surface area contributed by atoms with E-state index < -0.39 is 0 Å². The molecule has 0 unspecified atom stereocenters. The number of hydrogen-bond donors (Lipinski definition) is 0. The van der Waals surface area contributed by atoms with E-state index in [0.717, 1.165) is 13.2 Å². The minimum Gasteiger partial charge on any atom is -0.381 e. The van der Waals surface area contributed by atoms with Crippen LogP contribution in [0.25, 0.3) is 0 Å². The first kappa shape index (κ1) is 8.25. The van der Waals surface area contributed by atoms with Crippen molar-refractivity contribution in [1.82, 2.24) is 0 Å². The van der Waals surface area contributed by atoms with Gasteiger partial charge in [0.05, 0.1) is 18.8 Å². The van der Waals surface area contributed by atoms with Gasteiger partial charge < -0.3 is 9.47 Å². The fraction of sp³-hybridized carbons (Fsp3) is 1.00. The maximum absolute atomic E-state index is 5.75.